The van der Waals surface area contributed by atoms with Gasteiger partial charge in [0.2, 0.25) is 0 Å². The largest absolute Gasteiger partial charge is 0.454 e. The van der Waals surface area contributed by atoms with Crippen molar-refractivity contribution < 1.29 is 14.1 Å². The molecule has 1 aromatic heterocycles. The third-order valence-electron chi connectivity index (χ3n) is 4.64. The van der Waals surface area contributed by atoms with E-state index in [1.807, 2.05) is 24.3 Å². The van der Waals surface area contributed by atoms with Crippen molar-refractivity contribution in [2.24, 2.45) is 0 Å². The topological polar surface area (TPSA) is 89.3 Å². The van der Waals surface area contributed by atoms with Crippen molar-refractivity contribution >= 4 is 11.6 Å². The fourth-order valence-corrected chi connectivity index (χ4v) is 3.30. The monoisotopic (exact) mass is 348 g/mol. The number of carbonyl (C=O) groups is 1. The molecule has 1 saturated heterocycles. The number of carbonyl (C=O) groups excluding carboxylic acids is 1. The van der Waals surface area contributed by atoms with Crippen molar-refractivity contribution in [3.05, 3.63) is 53.9 Å². The average Bonchev–Trinajstić information content (AvgIpc) is 3.32. The molecule has 7 heteroatoms. The van der Waals surface area contributed by atoms with Crippen LogP contribution in [0.1, 0.15) is 35.1 Å². The minimum Gasteiger partial charge on any atom is -0.454 e. The van der Waals surface area contributed by atoms with E-state index in [1.54, 1.807) is 18.2 Å². The molecule has 130 valence electrons. The number of benzene rings is 2. The zero-order chi connectivity index (χ0) is 17.5. The highest BCUT2D eigenvalue weighted by molar-refractivity contribution is 6.08. The first kappa shape index (κ1) is 15.1. The maximum Gasteiger partial charge on any atom is 0.259 e. The first-order chi connectivity index (χ1) is 12.8. The molecular formula is C19H16N4O3. The zero-order valence-electron chi connectivity index (χ0n) is 13.9. The first-order valence-corrected chi connectivity index (χ1v) is 8.57. The summed E-state index contributed by atoms with van der Waals surface area (Å²) in [5.74, 6) is 1.92. The van der Waals surface area contributed by atoms with Gasteiger partial charge < -0.3 is 19.9 Å². The van der Waals surface area contributed by atoms with E-state index >= 15 is 0 Å². The highest BCUT2D eigenvalue weighted by Crippen LogP contribution is 2.37. The number of aromatic nitrogens is 2. The SMILES string of the molecule is O=C1Nc2ccccc2Oc2ccc(-c3nc([C@@H]4CCCN4)no3)cc21. The summed E-state index contributed by atoms with van der Waals surface area (Å²) in [7, 11) is 0. The van der Waals surface area contributed by atoms with Gasteiger partial charge in [0.05, 0.1) is 17.3 Å². The van der Waals surface area contributed by atoms with Gasteiger partial charge in [0, 0.05) is 5.56 Å². The molecule has 3 aromatic rings. The smallest absolute Gasteiger partial charge is 0.259 e. The number of hydrogen-bond donors (Lipinski definition) is 2. The Morgan fingerprint density at radius 2 is 2.04 bits per heavy atom. The molecule has 1 amide bonds. The maximum atomic E-state index is 12.6. The number of nitrogens with zero attached hydrogens (tertiary/aromatic N) is 2. The van der Waals surface area contributed by atoms with E-state index in [-0.39, 0.29) is 11.9 Å². The summed E-state index contributed by atoms with van der Waals surface area (Å²) in [5.41, 5.74) is 1.75. The Labute approximate surface area is 149 Å². The number of rotatable bonds is 2. The van der Waals surface area contributed by atoms with Crippen LogP contribution < -0.4 is 15.4 Å². The van der Waals surface area contributed by atoms with Crippen molar-refractivity contribution in [1.82, 2.24) is 15.5 Å². The van der Waals surface area contributed by atoms with Gasteiger partial charge in [-0.3, -0.25) is 4.79 Å². The second-order valence-electron chi connectivity index (χ2n) is 6.37. The summed E-state index contributed by atoms with van der Waals surface area (Å²) in [6, 6.07) is 12.8. The lowest BCUT2D eigenvalue weighted by Crippen LogP contribution is -2.14. The molecule has 7 nitrogen and oxygen atoms in total. The van der Waals surface area contributed by atoms with Crippen molar-refractivity contribution in [2.45, 2.75) is 18.9 Å². The predicted octanol–water partition coefficient (Wildman–Crippen LogP) is 3.52. The van der Waals surface area contributed by atoms with Crippen LogP contribution in [0.25, 0.3) is 11.5 Å². The van der Waals surface area contributed by atoms with Gasteiger partial charge in [-0.2, -0.15) is 4.98 Å². The molecular weight excluding hydrogens is 332 g/mol. The molecule has 0 saturated carbocycles. The standard InChI is InChI=1S/C19H16N4O3/c24-18-12-10-11(19-22-17(23-26-19)14-5-3-9-20-14)7-8-15(12)25-16-6-2-1-4-13(16)21-18/h1-2,4,6-8,10,14,20H,3,5,9H2,(H,21,24)/t14-/m0/s1. The van der Waals surface area contributed by atoms with Gasteiger partial charge in [0.15, 0.2) is 11.6 Å². The molecule has 1 fully saturated rings. The molecule has 5 rings (SSSR count). The Morgan fingerprint density at radius 3 is 2.92 bits per heavy atom. The van der Waals surface area contributed by atoms with Gasteiger partial charge in [-0.25, -0.2) is 0 Å². The van der Waals surface area contributed by atoms with Crippen LogP contribution in [0, 0.1) is 0 Å². The van der Waals surface area contributed by atoms with Crippen LogP contribution in [0.2, 0.25) is 0 Å². The van der Waals surface area contributed by atoms with Crippen LogP contribution in [0.3, 0.4) is 0 Å². The minimum atomic E-state index is -0.232. The fraction of sp³-hybridized carbons (Fsp3) is 0.211. The molecule has 2 aromatic carbocycles. The Balaban J connectivity index is 1.50. The van der Waals surface area contributed by atoms with Crippen molar-refractivity contribution in [3.8, 4) is 23.0 Å². The highest BCUT2D eigenvalue weighted by atomic mass is 16.5. The van der Waals surface area contributed by atoms with Gasteiger partial charge in [-0.05, 0) is 49.7 Å². The van der Waals surface area contributed by atoms with Crippen LogP contribution in [0.4, 0.5) is 5.69 Å². The number of hydrogen-bond acceptors (Lipinski definition) is 6. The summed E-state index contributed by atoms with van der Waals surface area (Å²) in [5, 5.41) is 10.3. The van der Waals surface area contributed by atoms with Crippen molar-refractivity contribution in [1.29, 1.82) is 0 Å². The van der Waals surface area contributed by atoms with E-state index in [0.717, 1.165) is 19.4 Å². The lowest BCUT2D eigenvalue weighted by atomic mass is 10.1. The van der Waals surface area contributed by atoms with Gasteiger partial charge in [-0.1, -0.05) is 17.3 Å². The Hall–Kier alpha value is -3.19. The summed E-state index contributed by atoms with van der Waals surface area (Å²) >= 11 is 0. The zero-order valence-corrected chi connectivity index (χ0v) is 13.9. The molecule has 2 aliphatic heterocycles. The summed E-state index contributed by atoms with van der Waals surface area (Å²) in [4.78, 5) is 17.1. The number of nitrogens with one attached hydrogen (secondary N) is 2. The summed E-state index contributed by atoms with van der Waals surface area (Å²) < 4.78 is 11.3. The Bertz CT molecular complexity index is 992. The van der Waals surface area contributed by atoms with Gasteiger partial charge >= 0.3 is 0 Å². The number of anilines is 1. The van der Waals surface area contributed by atoms with Gasteiger partial charge in [0.25, 0.3) is 11.8 Å². The molecule has 0 spiro atoms. The molecule has 2 aliphatic rings. The molecule has 3 heterocycles. The van der Waals surface area contributed by atoms with E-state index in [0.29, 0.717) is 40.0 Å². The highest BCUT2D eigenvalue weighted by Gasteiger charge is 2.24. The lowest BCUT2D eigenvalue weighted by Gasteiger charge is -2.07. The summed E-state index contributed by atoms with van der Waals surface area (Å²) in [6.07, 6.45) is 2.10. The van der Waals surface area contributed by atoms with E-state index in [2.05, 4.69) is 20.8 Å². The molecule has 0 bridgehead atoms. The first-order valence-electron chi connectivity index (χ1n) is 8.57. The van der Waals surface area contributed by atoms with E-state index in [9.17, 15) is 4.79 Å². The minimum absolute atomic E-state index is 0.134. The number of ether oxygens (including phenoxy) is 1. The summed E-state index contributed by atoms with van der Waals surface area (Å²) in [6.45, 7) is 0.964. The fourth-order valence-electron chi connectivity index (χ4n) is 3.30. The normalized spacial score (nSPS) is 18.5. The van der Waals surface area contributed by atoms with Crippen LogP contribution in [-0.2, 0) is 0 Å². The van der Waals surface area contributed by atoms with Gasteiger partial charge in [0.1, 0.15) is 5.75 Å². The number of para-hydroxylation sites is 2. The number of fused-ring (bicyclic) bond motifs is 2. The Morgan fingerprint density at radius 1 is 1.12 bits per heavy atom. The van der Waals surface area contributed by atoms with Crippen molar-refractivity contribution in [2.75, 3.05) is 11.9 Å². The Kier molecular flexibility index (Phi) is 3.46. The van der Waals surface area contributed by atoms with Gasteiger partial charge in [-0.15, -0.1) is 0 Å². The lowest BCUT2D eigenvalue weighted by molar-refractivity contribution is 0.102. The van der Waals surface area contributed by atoms with Crippen LogP contribution in [0.5, 0.6) is 11.5 Å². The van der Waals surface area contributed by atoms with Crippen molar-refractivity contribution in [3.63, 3.8) is 0 Å². The van der Waals surface area contributed by atoms with Crippen LogP contribution >= 0.6 is 0 Å². The molecule has 0 aliphatic carbocycles. The second kappa shape index (κ2) is 5.96. The predicted molar refractivity (Wildman–Crippen MR) is 94.2 cm³/mol. The number of amides is 1. The third-order valence-corrected chi connectivity index (χ3v) is 4.64. The van der Waals surface area contributed by atoms with Crippen LogP contribution in [0.15, 0.2) is 47.0 Å². The van der Waals surface area contributed by atoms with E-state index < -0.39 is 0 Å². The molecule has 26 heavy (non-hydrogen) atoms. The average molecular weight is 348 g/mol. The second-order valence-corrected chi connectivity index (χ2v) is 6.37. The van der Waals surface area contributed by atoms with E-state index in [4.69, 9.17) is 9.26 Å². The van der Waals surface area contributed by atoms with Crippen LogP contribution in [-0.4, -0.2) is 22.6 Å². The maximum absolute atomic E-state index is 12.6. The van der Waals surface area contributed by atoms with E-state index in [1.165, 1.54) is 0 Å². The quantitative estimate of drug-likeness (QED) is 0.736. The third kappa shape index (κ3) is 2.53. The molecule has 0 radical (unpaired) electrons. The molecule has 0 unspecified atom stereocenters. The molecule has 1 atom stereocenters. The molecule has 2 N–H and O–H groups in total.